The number of carbonyl (C=O) groups is 1. The molecule has 1 aliphatic rings. The topological polar surface area (TPSA) is 29.5 Å². The van der Waals surface area contributed by atoms with Crippen LogP contribution in [0.15, 0.2) is 24.3 Å². The van der Waals surface area contributed by atoms with Crippen LogP contribution in [-0.4, -0.2) is 36.9 Å². The molecule has 0 aromatic heterocycles. The molecule has 1 aromatic rings. The van der Waals surface area contributed by atoms with Crippen LogP contribution in [0.2, 0.25) is 0 Å². The second-order valence-electron chi connectivity index (χ2n) is 5.63. The molecule has 0 saturated carbocycles. The van der Waals surface area contributed by atoms with Gasteiger partial charge in [-0.1, -0.05) is 18.6 Å². The molecule has 1 fully saturated rings. The highest BCUT2D eigenvalue weighted by Gasteiger charge is 2.16. The largest absolute Gasteiger partial charge is 0.494 e. The lowest BCUT2D eigenvalue weighted by molar-refractivity contribution is 0.112. The number of piperidine rings is 1. The van der Waals surface area contributed by atoms with E-state index in [-0.39, 0.29) is 0 Å². The summed E-state index contributed by atoms with van der Waals surface area (Å²) in [5, 5.41) is 0. The molecule has 110 valence electrons. The molecule has 2 rings (SSSR count). The van der Waals surface area contributed by atoms with Crippen molar-refractivity contribution < 1.29 is 9.53 Å². The summed E-state index contributed by atoms with van der Waals surface area (Å²) in [5.74, 6) is 0.793. The van der Waals surface area contributed by atoms with E-state index in [1.54, 1.807) is 12.1 Å². The van der Waals surface area contributed by atoms with E-state index in [1.807, 2.05) is 12.1 Å². The van der Waals surface area contributed by atoms with Crippen molar-refractivity contribution in [3.05, 3.63) is 29.8 Å². The molecule has 0 amide bonds. The summed E-state index contributed by atoms with van der Waals surface area (Å²) in [6.07, 6.45) is 7.17. The van der Waals surface area contributed by atoms with Gasteiger partial charge in [0.2, 0.25) is 0 Å². The maximum Gasteiger partial charge on any atom is 0.150 e. The molecule has 0 aliphatic carbocycles. The van der Waals surface area contributed by atoms with Crippen LogP contribution < -0.4 is 4.74 Å². The standard InChI is InChI=1S/C17H25NO2/c1-15-7-2-3-10-18(15)11-4-5-12-20-17-9-6-8-16(13-17)14-19/h6,8-9,13-15H,2-5,7,10-12H2,1H3/t15-/m1/s1. The van der Waals surface area contributed by atoms with E-state index in [0.717, 1.165) is 31.1 Å². The molecule has 3 heteroatoms. The second-order valence-corrected chi connectivity index (χ2v) is 5.63. The molecule has 1 aromatic carbocycles. The number of hydrogen-bond donors (Lipinski definition) is 0. The van der Waals surface area contributed by atoms with Crippen molar-refractivity contribution in [3.63, 3.8) is 0 Å². The number of likely N-dealkylation sites (tertiary alicyclic amines) is 1. The molecular weight excluding hydrogens is 250 g/mol. The van der Waals surface area contributed by atoms with Gasteiger partial charge in [0.05, 0.1) is 6.61 Å². The third-order valence-corrected chi connectivity index (χ3v) is 4.04. The highest BCUT2D eigenvalue weighted by Crippen LogP contribution is 2.17. The van der Waals surface area contributed by atoms with Gasteiger partial charge in [-0.15, -0.1) is 0 Å². The lowest BCUT2D eigenvalue weighted by Gasteiger charge is -2.33. The number of hydrogen-bond acceptors (Lipinski definition) is 3. The van der Waals surface area contributed by atoms with Gasteiger partial charge in [-0.25, -0.2) is 0 Å². The van der Waals surface area contributed by atoms with E-state index in [1.165, 1.54) is 38.8 Å². The second kappa shape index (κ2) is 8.05. The van der Waals surface area contributed by atoms with Crippen LogP contribution in [0, 0.1) is 0 Å². The summed E-state index contributed by atoms with van der Waals surface area (Å²) in [5.41, 5.74) is 0.671. The van der Waals surface area contributed by atoms with E-state index in [9.17, 15) is 4.79 Å². The Morgan fingerprint density at radius 3 is 3.05 bits per heavy atom. The zero-order chi connectivity index (χ0) is 14.2. The van der Waals surface area contributed by atoms with Crippen molar-refractivity contribution in [1.82, 2.24) is 4.90 Å². The summed E-state index contributed by atoms with van der Waals surface area (Å²) >= 11 is 0. The maximum absolute atomic E-state index is 10.7. The zero-order valence-electron chi connectivity index (χ0n) is 12.4. The Kier molecular flexibility index (Phi) is 6.06. The van der Waals surface area contributed by atoms with Crippen LogP contribution in [-0.2, 0) is 0 Å². The molecule has 1 heterocycles. The first-order valence-corrected chi connectivity index (χ1v) is 7.71. The lowest BCUT2D eigenvalue weighted by Crippen LogP contribution is -2.38. The summed E-state index contributed by atoms with van der Waals surface area (Å²) in [7, 11) is 0. The number of rotatable bonds is 7. The number of unbranched alkanes of at least 4 members (excludes halogenated alkanes) is 1. The number of nitrogens with zero attached hydrogens (tertiary/aromatic N) is 1. The Labute approximate surface area is 121 Å². The summed E-state index contributed by atoms with van der Waals surface area (Å²) in [4.78, 5) is 13.3. The van der Waals surface area contributed by atoms with Gasteiger partial charge in [-0.05, 0) is 57.8 Å². The van der Waals surface area contributed by atoms with Crippen LogP contribution in [0.25, 0.3) is 0 Å². The molecular formula is C17H25NO2. The molecule has 0 N–H and O–H groups in total. The molecule has 0 spiro atoms. The molecule has 1 aliphatic heterocycles. The SMILES string of the molecule is C[C@@H]1CCCCN1CCCCOc1cccc(C=O)c1. The minimum absolute atomic E-state index is 0.671. The zero-order valence-corrected chi connectivity index (χ0v) is 12.4. The molecule has 20 heavy (non-hydrogen) atoms. The quantitative estimate of drug-likeness (QED) is 0.563. The molecule has 1 atom stereocenters. The first-order valence-electron chi connectivity index (χ1n) is 7.71. The van der Waals surface area contributed by atoms with Crippen LogP contribution >= 0.6 is 0 Å². The van der Waals surface area contributed by atoms with Crippen molar-refractivity contribution in [3.8, 4) is 5.75 Å². The van der Waals surface area contributed by atoms with E-state index in [4.69, 9.17) is 4.74 Å². The smallest absolute Gasteiger partial charge is 0.150 e. The van der Waals surface area contributed by atoms with Crippen LogP contribution in [0.5, 0.6) is 5.75 Å². The lowest BCUT2D eigenvalue weighted by atomic mass is 10.0. The van der Waals surface area contributed by atoms with Crippen molar-refractivity contribution in [2.75, 3.05) is 19.7 Å². The fraction of sp³-hybridized carbons (Fsp3) is 0.588. The minimum atomic E-state index is 0.671. The van der Waals surface area contributed by atoms with Crippen molar-refractivity contribution in [1.29, 1.82) is 0 Å². The Balaban J connectivity index is 1.62. The number of carbonyl (C=O) groups excluding carboxylic acids is 1. The van der Waals surface area contributed by atoms with Gasteiger partial charge >= 0.3 is 0 Å². The monoisotopic (exact) mass is 275 g/mol. The van der Waals surface area contributed by atoms with E-state index < -0.39 is 0 Å². The first kappa shape index (κ1) is 15.0. The van der Waals surface area contributed by atoms with Gasteiger partial charge in [0.25, 0.3) is 0 Å². The van der Waals surface area contributed by atoms with Gasteiger partial charge in [-0.2, -0.15) is 0 Å². The van der Waals surface area contributed by atoms with E-state index in [2.05, 4.69) is 11.8 Å². The molecule has 1 saturated heterocycles. The van der Waals surface area contributed by atoms with Crippen molar-refractivity contribution in [2.45, 2.75) is 45.1 Å². The minimum Gasteiger partial charge on any atom is -0.494 e. The van der Waals surface area contributed by atoms with Crippen LogP contribution in [0.4, 0.5) is 0 Å². The number of ether oxygens (including phenoxy) is 1. The van der Waals surface area contributed by atoms with Crippen LogP contribution in [0.3, 0.4) is 0 Å². The summed E-state index contributed by atoms with van der Waals surface area (Å²) in [6, 6.07) is 8.08. The molecule has 3 nitrogen and oxygen atoms in total. The average molecular weight is 275 g/mol. The van der Waals surface area contributed by atoms with E-state index >= 15 is 0 Å². The molecule has 0 unspecified atom stereocenters. The third kappa shape index (κ3) is 4.64. The normalized spacial score (nSPS) is 19.8. The Morgan fingerprint density at radius 2 is 2.25 bits per heavy atom. The summed E-state index contributed by atoms with van der Waals surface area (Å²) < 4.78 is 5.69. The Morgan fingerprint density at radius 1 is 1.35 bits per heavy atom. The van der Waals surface area contributed by atoms with Crippen molar-refractivity contribution in [2.24, 2.45) is 0 Å². The van der Waals surface area contributed by atoms with Gasteiger partial charge < -0.3 is 9.64 Å². The average Bonchev–Trinajstić information content (AvgIpc) is 2.49. The van der Waals surface area contributed by atoms with Gasteiger partial charge in [0.15, 0.2) is 0 Å². The number of benzene rings is 1. The van der Waals surface area contributed by atoms with Gasteiger partial charge in [0, 0.05) is 11.6 Å². The first-order chi connectivity index (χ1) is 9.79. The fourth-order valence-corrected chi connectivity index (χ4v) is 2.77. The highest BCUT2D eigenvalue weighted by molar-refractivity contribution is 5.75. The Bertz CT molecular complexity index is 419. The van der Waals surface area contributed by atoms with Gasteiger partial charge in [0.1, 0.15) is 12.0 Å². The third-order valence-electron chi connectivity index (χ3n) is 4.04. The van der Waals surface area contributed by atoms with Gasteiger partial charge in [-0.3, -0.25) is 4.79 Å². The Hall–Kier alpha value is -1.35. The van der Waals surface area contributed by atoms with E-state index in [0.29, 0.717) is 5.56 Å². The maximum atomic E-state index is 10.7. The summed E-state index contributed by atoms with van der Waals surface area (Å²) in [6.45, 7) is 5.49. The molecule has 0 bridgehead atoms. The molecule has 0 radical (unpaired) electrons. The predicted molar refractivity (Wildman–Crippen MR) is 81.4 cm³/mol. The predicted octanol–water partition coefficient (Wildman–Crippen LogP) is 3.53. The highest BCUT2D eigenvalue weighted by atomic mass is 16.5. The number of aldehydes is 1. The fourth-order valence-electron chi connectivity index (χ4n) is 2.77. The van der Waals surface area contributed by atoms with Crippen LogP contribution in [0.1, 0.15) is 49.4 Å². The van der Waals surface area contributed by atoms with Crippen molar-refractivity contribution >= 4 is 6.29 Å².